The number of benzene rings is 2. The molecule has 4 nitrogen and oxygen atoms in total. The number of carbonyl (C=O) groups is 2. The average Bonchev–Trinajstić information content (AvgIpc) is 2.57. The Balaban J connectivity index is 1.65. The third kappa shape index (κ3) is 3.77. The second-order valence-electron chi connectivity index (χ2n) is 5.73. The maximum Gasteiger partial charge on any atom is 0.352 e. The highest BCUT2D eigenvalue weighted by Crippen LogP contribution is 2.26. The second-order valence-corrected chi connectivity index (χ2v) is 6.17. The zero-order valence-corrected chi connectivity index (χ0v) is 14.0. The van der Waals surface area contributed by atoms with Gasteiger partial charge in [0.15, 0.2) is 11.9 Å². The van der Waals surface area contributed by atoms with Crippen LogP contribution in [0.3, 0.4) is 0 Å². The Bertz CT molecular complexity index is 767. The number of carbonyl (C=O) groups excluding carboxylic acids is 2. The third-order valence-corrected chi connectivity index (χ3v) is 4.16. The van der Waals surface area contributed by atoms with Gasteiger partial charge in [-0.3, -0.25) is 4.79 Å². The lowest BCUT2D eigenvalue weighted by Gasteiger charge is -2.17. The van der Waals surface area contributed by atoms with E-state index in [0.717, 1.165) is 24.0 Å². The van der Waals surface area contributed by atoms with Crippen LogP contribution in [0.5, 0.6) is 11.5 Å². The van der Waals surface area contributed by atoms with E-state index in [1.807, 2.05) is 0 Å². The number of aryl methyl sites for hydroxylation is 1. The first-order valence-electron chi connectivity index (χ1n) is 7.83. The normalized spacial score (nSPS) is 14.7. The van der Waals surface area contributed by atoms with Gasteiger partial charge in [-0.25, -0.2) is 4.79 Å². The summed E-state index contributed by atoms with van der Waals surface area (Å²) >= 11 is 5.82. The summed E-state index contributed by atoms with van der Waals surface area (Å²) in [6, 6.07) is 11.9. The largest absolute Gasteiger partial charge is 0.479 e. The fourth-order valence-electron chi connectivity index (χ4n) is 2.65. The Kier molecular flexibility index (Phi) is 4.86. The highest BCUT2D eigenvalue weighted by Gasteiger charge is 2.20. The Morgan fingerprint density at radius 2 is 1.79 bits per heavy atom. The van der Waals surface area contributed by atoms with E-state index in [2.05, 4.69) is 0 Å². The fraction of sp³-hybridized carbons (Fsp3) is 0.263. The summed E-state index contributed by atoms with van der Waals surface area (Å²) in [5.74, 6) is 0.625. The van der Waals surface area contributed by atoms with Crippen molar-refractivity contribution in [3.63, 3.8) is 0 Å². The van der Waals surface area contributed by atoms with Gasteiger partial charge in [0.05, 0.1) is 0 Å². The standard InChI is InChI=1S/C19H17ClO4/c1-12(23-15-7-5-14(20)6-8-15)19(22)24-16-9-10-17-13(11-16)3-2-4-18(17)21/h5-12H,2-4H2,1H3. The molecule has 0 aliphatic heterocycles. The number of hydrogen-bond donors (Lipinski definition) is 0. The lowest BCUT2D eigenvalue weighted by atomic mass is 9.90. The van der Waals surface area contributed by atoms with E-state index in [9.17, 15) is 9.59 Å². The average molecular weight is 345 g/mol. The molecule has 0 N–H and O–H groups in total. The number of ketones is 1. The summed E-state index contributed by atoms with van der Waals surface area (Å²) in [6.45, 7) is 1.62. The summed E-state index contributed by atoms with van der Waals surface area (Å²) in [6.07, 6.45) is 1.48. The molecule has 0 saturated carbocycles. The quantitative estimate of drug-likeness (QED) is 0.615. The summed E-state index contributed by atoms with van der Waals surface area (Å²) in [5, 5.41) is 0.598. The van der Waals surface area contributed by atoms with Gasteiger partial charge < -0.3 is 9.47 Å². The first-order chi connectivity index (χ1) is 11.5. The Labute approximate surface area is 145 Å². The minimum absolute atomic E-state index is 0.147. The number of Topliss-reactive ketones (excluding diaryl/α,β-unsaturated/α-hetero) is 1. The molecule has 5 heteroatoms. The minimum atomic E-state index is -0.760. The van der Waals surface area contributed by atoms with Crippen LogP contribution in [-0.4, -0.2) is 17.9 Å². The smallest absolute Gasteiger partial charge is 0.352 e. The Morgan fingerprint density at radius 3 is 2.54 bits per heavy atom. The van der Waals surface area contributed by atoms with Crippen LogP contribution in [0.25, 0.3) is 0 Å². The number of ether oxygens (including phenoxy) is 2. The van der Waals surface area contributed by atoms with Crippen molar-refractivity contribution in [1.29, 1.82) is 0 Å². The van der Waals surface area contributed by atoms with Crippen LogP contribution in [0.1, 0.15) is 35.7 Å². The molecule has 2 aromatic carbocycles. The van der Waals surface area contributed by atoms with Crippen LogP contribution in [0.4, 0.5) is 0 Å². The van der Waals surface area contributed by atoms with Crippen LogP contribution in [0.2, 0.25) is 5.02 Å². The molecule has 124 valence electrons. The summed E-state index contributed by atoms with van der Waals surface area (Å²) in [7, 11) is 0. The van der Waals surface area contributed by atoms with Crippen molar-refractivity contribution in [3.05, 3.63) is 58.6 Å². The van der Waals surface area contributed by atoms with E-state index in [1.54, 1.807) is 49.4 Å². The van der Waals surface area contributed by atoms with Crippen molar-refractivity contribution in [2.75, 3.05) is 0 Å². The molecule has 3 rings (SSSR count). The molecule has 2 aromatic rings. The van der Waals surface area contributed by atoms with Gasteiger partial charge in [0.25, 0.3) is 0 Å². The van der Waals surface area contributed by atoms with E-state index in [1.165, 1.54) is 0 Å². The van der Waals surface area contributed by atoms with E-state index in [-0.39, 0.29) is 5.78 Å². The monoisotopic (exact) mass is 344 g/mol. The molecule has 0 radical (unpaired) electrons. The van der Waals surface area contributed by atoms with Crippen LogP contribution in [-0.2, 0) is 11.2 Å². The van der Waals surface area contributed by atoms with Crippen LogP contribution in [0.15, 0.2) is 42.5 Å². The number of esters is 1. The van der Waals surface area contributed by atoms with Crippen LogP contribution >= 0.6 is 11.6 Å². The van der Waals surface area contributed by atoms with Crippen molar-refractivity contribution in [2.24, 2.45) is 0 Å². The van der Waals surface area contributed by atoms with E-state index in [4.69, 9.17) is 21.1 Å². The Morgan fingerprint density at radius 1 is 1.08 bits per heavy atom. The van der Waals surface area contributed by atoms with Crippen molar-refractivity contribution >= 4 is 23.4 Å². The third-order valence-electron chi connectivity index (χ3n) is 3.90. The van der Waals surface area contributed by atoms with Crippen molar-refractivity contribution in [1.82, 2.24) is 0 Å². The van der Waals surface area contributed by atoms with Crippen molar-refractivity contribution < 1.29 is 19.1 Å². The molecule has 0 heterocycles. The van der Waals surface area contributed by atoms with Gasteiger partial charge >= 0.3 is 5.97 Å². The predicted octanol–water partition coefficient (Wildman–Crippen LogP) is 4.23. The van der Waals surface area contributed by atoms with Gasteiger partial charge in [-0.05, 0) is 67.8 Å². The van der Waals surface area contributed by atoms with Gasteiger partial charge in [-0.2, -0.15) is 0 Å². The van der Waals surface area contributed by atoms with Gasteiger partial charge in [-0.1, -0.05) is 11.6 Å². The summed E-state index contributed by atoms with van der Waals surface area (Å²) < 4.78 is 10.9. The fourth-order valence-corrected chi connectivity index (χ4v) is 2.78. The molecule has 1 aliphatic rings. The molecular weight excluding hydrogens is 328 g/mol. The minimum Gasteiger partial charge on any atom is -0.479 e. The number of rotatable bonds is 4. The van der Waals surface area contributed by atoms with E-state index >= 15 is 0 Å². The zero-order valence-electron chi connectivity index (χ0n) is 13.3. The topological polar surface area (TPSA) is 52.6 Å². The van der Waals surface area contributed by atoms with E-state index in [0.29, 0.717) is 22.9 Å². The first kappa shape index (κ1) is 16.5. The lowest BCUT2D eigenvalue weighted by Crippen LogP contribution is -2.28. The number of hydrogen-bond acceptors (Lipinski definition) is 4. The Hall–Kier alpha value is -2.33. The molecule has 1 atom stereocenters. The highest BCUT2D eigenvalue weighted by atomic mass is 35.5. The van der Waals surface area contributed by atoms with Gasteiger partial charge in [0, 0.05) is 17.0 Å². The predicted molar refractivity (Wildman–Crippen MR) is 90.9 cm³/mol. The van der Waals surface area contributed by atoms with E-state index < -0.39 is 12.1 Å². The molecule has 0 spiro atoms. The first-order valence-corrected chi connectivity index (χ1v) is 8.21. The molecule has 24 heavy (non-hydrogen) atoms. The van der Waals surface area contributed by atoms with Crippen molar-refractivity contribution in [2.45, 2.75) is 32.3 Å². The van der Waals surface area contributed by atoms with Gasteiger partial charge in [-0.15, -0.1) is 0 Å². The number of halogens is 1. The van der Waals surface area contributed by atoms with Crippen LogP contribution < -0.4 is 9.47 Å². The SMILES string of the molecule is CC(Oc1ccc(Cl)cc1)C(=O)Oc1ccc2c(c1)CCCC2=O. The molecule has 0 saturated heterocycles. The highest BCUT2D eigenvalue weighted by molar-refractivity contribution is 6.30. The molecule has 0 amide bonds. The zero-order chi connectivity index (χ0) is 17.1. The molecule has 1 aliphatic carbocycles. The molecule has 0 fully saturated rings. The molecule has 0 aromatic heterocycles. The van der Waals surface area contributed by atoms with Crippen LogP contribution in [0, 0.1) is 0 Å². The number of fused-ring (bicyclic) bond motifs is 1. The van der Waals surface area contributed by atoms with Crippen molar-refractivity contribution in [3.8, 4) is 11.5 Å². The molecular formula is C19H17ClO4. The van der Waals surface area contributed by atoms with Gasteiger partial charge in [0.1, 0.15) is 11.5 Å². The maximum atomic E-state index is 12.2. The lowest BCUT2D eigenvalue weighted by molar-refractivity contribution is -0.141. The summed E-state index contributed by atoms with van der Waals surface area (Å²) in [4.78, 5) is 24.0. The van der Waals surface area contributed by atoms with Gasteiger partial charge in [0.2, 0.25) is 0 Å². The molecule has 1 unspecified atom stereocenters. The maximum absolute atomic E-state index is 12.2. The second kappa shape index (κ2) is 7.05. The summed E-state index contributed by atoms with van der Waals surface area (Å²) in [5.41, 5.74) is 1.66. The molecule has 0 bridgehead atoms.